The fourth-order valence-electron chi connectivity index (χ4n) is 4.28. The Balaban J connectivity index is 1.64. The van der Waals surface area contributed by atoms with Crippen LogP contribution in [-0.2, 0) is 0 Å². The summed E-state index contributed by atoms with van der Waals surface area (Å²) in [7, 11) is 1.57. The van der Waals surface area contributed by atoms with E-state index in [0.29, 0.717) is 27.9 Å². The van der Waals surface area contributed by atoms with Crippen molar-refractivity contribution >= 4 is 49.3 Å². The third-order valence-electron chi connectivity index (χ3n) is 6.00. The van der Waals surface area contributed by atoms with Crippen LogP contribution in [0.3, 0.4) is 0 Å². The van der Waals surface area contributed by atoms with Crippen LogP contribution in [-0.4, -0.2) is 27.7 Å². The SMILES string of the molecule is COc1ccc2nc(-c3ccc(Br)cc3)cc(C(=O)N=Nc3c(O)n(C(C)C)c4ccccc34)c2c1. The average Bonchev–Trinajstić information content (AvgIpc) is 3.17. The van der Waals surface area contributed by atoms with E-state index in [1.165, 1.54) is 0 Å². The first-order valence-corrected chi connectivity index (χ1v) is 12.2. The van der Waals surface area contributed by atoms with Crippen LogP contribution in [0.25, 0.3) is 33.1 Å². The number of amides is 1. The van der Waals surface area contributed by atoms with Crippen molar-refractivity contribution in [3.8, 4) is 22.9 Å². The molecule has 0 aliphatic rings. The number of aromatic nitrogens is 2. The van der Waals surface area contributed by atoms with Crippen LogP contribution in [0.4, 0.5) is 5.69 Å². The van der Waals surface area contributed by atoms with Gasteiger partial charge in [0.25, 0.3) is 5.91 Å². The van der Waals surface area contributed by atoms with E-state index in [1.54, 1.807) is 29.9 Å². The maximum absolute atomic E-state index is 13.4. The summed E-state index contributed by atoms with van der Waals surface area (Å²) >= 11 is 3.45. The normalized spacial score (nSPS) is 11.7. The molecule has 2 aromatic heterocycles. The van der Waals surface area contributed by atoms with Crippen molar-refractivity contribution in [1.82, 2.24) is 9.55 Å². The lowest BCUT2D eigenvalue weighted by Gasteiger charge is -2.10. The third-order valence-corrected chi connectivity index (χ3v) is 6.53. The molecular formula is C28H23BrN4O3. The van der Waals surface area contributed by atoms with Gasteiger partial charge in [0.05, 0.1) is 29.4 Å². The minimum Gasteiger partial charge on any atom is -0.497 e. The van der Waals surface area contributed by atoms with Crippen molar-refractivity contribution in [1.29, 1.82) is 0 Å². The van der Waals surface area contributed by atoms with Gasteiger partial charge in [-0.05, 0) is 56.3 Å². The van der Waals surface area contributed by atoms with Gasteiger partial charge in [-0.1, -0.05) is 46.3 Å². The van der Waals surface area contributed by atoms with Crippen LogP contribution in [0.2, 0.25) is 0 Å². The Morgan fingerprint density at radius 1 is 1.03 bits per heavy atom. The van der Waals surface area contributed by atoms with E-state index in [2.05, 4.69) is 26.2 Å². The van der Waals surface area contributed by atoms with E-state index in [4.69, 9.17) is 9.72 Å². The molecule has 2 heterocycles. The van der Waals surface area contributed by atoms with Crippen LogP contribution in [0.5, 0.6) is 11.6 Å². The van der Waals surface area contributed by atoms with E-state index in [-0.39, 0.29) is 17.6 Å². The number of benzene rings is 3. The number of nitrogens with zero attached hydrogens (tertiary/aromatic N) is 4. The minimum atomic E-state index is -0.546. The monoisotopic (exact) mass is 542 g/mol. The molecule has 0 aliphatic carbocycles. The Labute approximate surface area is 216 Å². The fourth-order valence-corrected chi connectivity index (χ4v) is 4.54. The summed E-state index contributed by atoms with van der Waals surface area (Å²) in [6, 6.07) is 22.3. The molecule has 0 bridgehead atoms. The van der Waals surface area contributed by atoms with Gasteiger partial charge in [0.1, 0.15) is 5.75 Å². The number of carbonyl (C=O) groups is 1. The fraction of sp³-hybridized carbons (Fsp3) is 0.143. The number of carbonyl (C=O) groups excluding carboxylic acids is 1. The van der Waals surface area contributed by atoms with E-state index >= 15 is 0 Å². The van der Waals surface area contributed by atoms with Gasteiger partial charge in [0, 0.05) is 26.9 Å². The Hall–Kier alpha value is -4.04. The van der Waals surface area contributed by atoms with Crippen molar-refractivity contribution < 1.29 is 14.6 Å². The molecule has 0 saturated heterocycles. The van der Waals surface area contributed by atoms with Gasteiger partial charge in [-0.25, -0.2) is 4.98 Å². The molecule has 1 N–H and O–H groups in total. The summed E-state index contributed by atoms with van der Waals surface area (Å²) in [5, 5.41) is 20.5. The lowest BCUT2D eigenvalue weighted by Crippen LogP contribution is -2.00. The number of para-hydroxylation sites is 1. The molecule has 8 heteroatoms. The van der Waals surface area contributed by atoms with Gasteiger partial charge in [0.15, 0.2) is 5.69 Å². The molecular weight excluding hydrogens is 520 g/mol. The smallest absolute Gasteiger partial charge is 0.296 e. The molecule has 0 fully saturated rings. The quantitative estimate of drug-likeness (QED) is 0.229. The maximum atomic E-state index is 13.4. The molecule has 0 saturated carbocycles. The average molecular weight is 543 g/mol. The second-order valence-electron chi connectivity index (χ2n) is 8.60. The lowest BCUT2D eigenvalue weighted by atomic mass is 10.0. The predicted molar refractivity (Wildman–Crippen MR) is 144 cm³/mol. The van der Waals surface area contributed by atoms with Gasteiger partial charge in [-0.3, -0.25) is 4.79 Å². The second-order valence-corrected chi connectivity index (χ2v) is 9.52. The molecule has 0 atom stereocenters. The molecule has 7 nitrogen and oxygen atoms in total. The van der Waals surface area contributed by atoms with E-state index in [0.717, 1.165) is 20.9 Å². The summed E-state index contributed by atoms with van der Waals surface area (Å²) < 4.78 is 8.09. The summed E-state index contributed by atoms with van der Waals surface area (Å²) in [6.45, 7) is 3.94. The van der Waals surface area contributed by atoms with Crippen molar-refractivity contribution in [2.75, 3.05) is 7.11 Å². The summed E-state index contributed by atoms with van der Waals surface area (Å²) in [5.74, 6) is 0.0266. The molecule has 5 rings (SSSR count). The van der Waals surface area contributed by atoms with Crippen LogP contribution in [0.15, 0.2) is 87.5 Å². The Kier molecular flexibility index (Phi) is 6.28. The summed E-state index contributed by atoms with van der Waals surface area (Å²) in [4.78, 5) is 18.2. The molecule has 0 radical (unpaired) electrons. The Morgan fingerprint density at radius 2 is 1.78 bits per heavy atom. The Bertz CT molecular complexity index is 1640. The number of azo groups is 1. The Morgan fingerprint density at radius 3 is 2.50 bits per heavy atom. The highest BCUT2D eigenvalue weighted by atomic mass is 79.9. The lowest BCUT2D eigenvalue weighted by molar-refractivity contribution is 0.0996. The number of methoxy groups -OCH3 is 1. The number of pyridine rings is 1. The zero-order valence-electron chi connectivity index (χ0n) is 19.9. The third kappa shape index (κ3) is 4.24. The highest BCUT2D eigenvalue weighted by molar-refractivity contribution is 9.10. The minimum absolute atomic E-state index is 0.000347. The zero-order valence-corrected chi connectivity index (χ0v) is 21.5. The number of fused-ring (bicyclic) bond motifs is 2. The number of aromatic hydroxyl groups is 1. The molecule has 0 unspecified atom stereocenters. The summed E-state index contributed by atoms with van der Waals surface area (Å²) in [6.07, 6.45) is 0. The van der Waals surface area contributed by atoms with Gasteiger partial charge < -0.3 is 14.4 Å². The first kappa shape index (κ1) is 23.7. The molecule has 3 aromatic carbocycles. The van der Waals surface area contributed by atoms with Crippen LogP contribution in [0.1, 0.15) is 30.2 Å². The van der Waals surface area contributed by atoms with Crippen molar-refractivity contribution in [2.24, 2.45) is 10.2 Å². The number of hydrogen-bond acceptors (Lipinski definition) is 5. The van der Waals surface area contributed by atoms with E-state index in [1.807, 2.05) is 68.4 Å². The summed E-state index contributed by atoms with van der Waals surface area (Å²) in [5.41, 5.74) is 3.55. The second kappa shape index (κ2) is 9.54. The molecule has 0 aliphatic heterocycles. The van der Waals surface area contributed by atoms with Gasteiger partial charge in [-0.2, -0.15) is 0 Å². The van der Waals surface area contributed by atoms with Crippen LogP contribution in [0, 0.1) is 0 Å². The highest BCUT2D eigenvalue weighted by Gasteiger charge is 2.20. The van der Waals surface area contributed by atoms with Crippen molar-refractivity contribution in [3.05, 3.63) is 82.8 Å². The largest absolute Gasteiger partial charge is 0.497 e. The van der Waals surface area contributed by atoms with Gasteiger partial charge in [-0.15, -0.1) is 10.2 Å². The number of rotatable bonds is 5. The number of halogens is 1. The first-order chi connectivity index (χ1) is 17.4. The molecule has 36 heavy (non-hydrogen) atoms. The van der Waals surface area contributed by atoms with E-state index < -0.39 is 5.91 Å². The topological polar surface area (TPSA) is 89.1 Å². The number of ether oxygens (including phenoxy) is 1. The highest BCUT2D eigenvalue weighted by Crippen LogP contribution is 2.41. The van der Waals surface area contributed by atoms with Gasteiger partial charge >= 0.3 is 0 Å². The zero-order chi connectivity index (χ0) is 25.4. The van der Waals surface area contributed by atoms with Crippen LogP contribution >= 0.6 is 15.9 Å². The molecule has 5 aromatic rings. The van der Waals surface area contributed by atoms with Gasteiger partial charge in [0.2, 0.25) is 5.88 Å². The van der Waals surface area contributed by atoms with Crippen molar-refractivity contribution in [2.45, 2.75) is 19.9 Å². The molecule has 1 amide bonds. The van der Waals surface area contributed by atoms with E-state index in [9.17, 15) is 9.90 Å². The van der Waals surface area contributed by atoms with Crippen molar-refractivity contribution in [3.63, 3.8) is 0 Å². The predicted octanol–water partition coefficient (Wildman–Crippen LogP) is 7.84. The number of hydrogen-bond donors (Lipinski definition) is 1. The molecule has 180 valence electrons. The maximum Gasteiger partial charge on any atom is 0.296 e. The van der Waals surface area contributed by atoms with Crippen LogP contribution < -0.4 is 4.74 Å². The molecule has 0 spiro atoms. The standard InChI is InChI=1S/C28H23BrN4O3/c1-16(2)33-25-7-5-4-6-20(25)26(28(33)35)31-32-27(34)22-15-24(17-8-10-18(29)11-9-17)30-23-13-12-19(36-3)14-21(22)23/h4-16,35H,1-3H3. The first-order valence-electron chi connectivity index (χ1n) is 11.4.